The highest BCUT2D eigenvalue weighted by atomic mass is 16.2. The molecule has 1 N–H and O–H groups in total. The first-order valence-corrected chi connectivity index (χ1v) is 8.88. The Labute approximate surface area is 144 Å². The van der Waals surface area contributed by atoms with Crippen molar-refractivity contribution in [1.82, 2.24) is 15.1 Å². The smallest absolute Gasteiger partial charge is 0.253 e. The molecule has 0 spiro atoms. The average molecular weight is 329 g/mol. The van der Waals surface area contributed by atoms with E-state index in [1.165, 1.54) is 12.8 Å². The van der Waals surface area contributed by atoms with Crippen molar-refractivity contribution < 1.29 is 9.59 Å². The summed E-state index contributed by atoms with van der Waals surface area (Å²) in [5.41, 5.74) is 1.17. The number of nitrogens with zero attached hydrogens (tertiary/aromatic N) is 2. The number of benzene rings is 1. The first-order valence-electron chi connectivity index (χ1n) is 8.88. The first-order chi connectivity index (χ1) is 11.5. The molecule has 3 rings (SSSR count). The van der Waals surface area contributed by atoms with Gasteiger partial charge in [0.2, 0.25) is 0 Å². The van der Waals surface area contributed by atoms with Gasteiger partial charge in [0.05, 0.1) is 0 Å². The minimum Gasteiger partial charge on any atom is -0.342 e. The van der Waals surface area contributed by atoms with Gasteiger partial charge in [0.15, 0.2) is 0 Å². The number of rotatable bonds is 4. The van der Waals surface area contributed by atoms with Gasteiger partial charge >= 0.3 is 0 Å². The second-order valence-electron chi connectivity index (χ2n) is 7.08. The van der Waals surface area contributed by atoms with E-state index in [1.54, 1.807) is 36.2 Å². The van der Waals surface area contributed by atoms with Gasteiger partial charge in [-0.05, 0) is 50.8 Å². The van der Waals surface area contributed by atoms with Crippen LogP contribution < -0.4 is 5.32 Å². The Morgan fingerprint density at radius 3 is 2.25 bits per heavy atom. The molecule has 2 fully saturated rings. The lowest BCUT2D eigenvalue weighted by atomic mass is 9.97. The molecule has 2 unspecified atom stereocenters. The summed E-state index contributed by atoms with van der Waals surface area (Å²) in [4.78, 5) is 28.7. The van der Waals surface area contributed by atoms with Crippen LogP contribution in [0.5, 0.6) is 0 Å². The van der Waals surface area contributed by atoms with Gasteiger partial charge in [0.1, 0.15) is 0 Å². The van der Waals surface area contributed by atoms with Crippen molar-refractivity contribution in [2.45, 2.75) is 50.7 Å². The number of fused-ring (bicyclic) bond motifs is 2. The summed E-state index contributed by atoms with van der Waals surface area (Å²) in [6.45, 7) is 2.58. The van der Waals surface area contributed by atoms with Gasteiger partial charge < -0.3 is 15.1 Å². The van der Waals surface area contributed by atoms with Crippen LogP contribution in [0.3, 0.4) is 0 Å². The molecule has 2 heterocycles. The summed E-state index contributed by atoms with van der Waals surface area (Å²) in [5.74, 6) is -0.0372. The van der Waals surface area contributed by atoms with Crippen LogP contribution >= 0.6 is 0 Å². The van der Waals surface area contributed by atoms with E-state index in [0.717, 1.165) is 12.8 Å². The van der Waals surface area contributed by atoms with Crippen molar-refractivity contribution in [1.29, 1.82) is 0 Å². The summed E-state index contributed by atoms with van der Waals surface area (Å²) < 4.78 is 0. The number of piperidine rings is 1. The largest absolute Gasteiger partial charge is 0.342 e. The van der Waals surface area contributed by atoms with Crippen LogP contribution in [-0.2, 0) is 0 Å². The lowest BCUT2D eigenvalue weighted by molar-refractivity contribution is 0.0681. The van der Waals surface area contributed by atoms with Gasteiger partial charge in [-0.25, -0.2) is 0 Å². The Balaban J connectivity index is 1.73. The molecule has 2 aliphatic heterocycles. The molecule has 2 bridgehead atoms. The first kappa shape index (κ1) is 17.0. The molecule has 0 aromatic heterocycles. The average Bonchev–Trinajstić information content (AvgIpc) is 2.96. The van der Waals surface area contributed by atoms with Crippen LogP contribution in [0.1, 0.15) is 53.3 Å². The van der Waals surface area contributed by atoms with E-state index in [9.17, 15) is 9.59 Å². The zero-order chi connectivity index (χ0) is 17.3. The molecule has 1 aromatic carbocycles. The van der Waals surface area contributed by atoms with Crippen LogP contribution in [0, 0.1) is 0 Å². The van der Waals surface area contributed by atoms with Gasteiger partial charge in [-0.3, -0.25) is 9.59 Å². The fraction of sp³-hybridized carbons (Fsp3) is 0.579. The lowest BCUT2D eigenvalue weighted by Crippen LogP contribution is -2.48. The van der Waals surface area contributed by atoms with E-state index in [0.29, 0.717) is 29.8 Å². The number of nitrogens with one attached hydrogen (secondary N) is 1. The number of hydrogen-bond acceptors (Lipinski definition) is 3. The standard InChI is InChI=1S/C19H27N3O2/c1-4-21(2)18(23)13-6-5-7-14(10-13)19(24)22(3)17-11-15-8-9-16(12-17)20-15/h5-7,10,15-17,20H,4,8-9,11-12H2,1-3H3. The fourth-order valence-electron chi connectivity index (χ4n) is 3.86. The van der Waals surface area contributed by atoms with Crippen molar-refractivity contribution in [2.24, 2.45) is 0 Å². The Morgan fingerprint density at radius 2 is 1.67 bits per heavy atom. The Kier molecular flexibility index (Phi) is 4.90. The predicted octanol–water partition coefficient (Wildman–Crippen LogP) is 2.13. The maximum atomic E-state index is 12.9. The number of carbonyl (C=O) groups is 2. The zero-order valence-electron chi connectivity index (χ0n) is 14.8. The molecule has 2 amide bonds. The van der Waals surface area contributed by atoms with E-state index < -0.39 is 0 Å². The van der Waals surface area contributed by atoms with Crippen molar-refractivity contribution in [3.63, 3.8) is 0 Å². The third kappa shape index (κ3) is 3.31. The van der Waals surface area contributed by atoms with E-state index in [-0.39, 0.29) is 17.9 Å². The highest BCUT2D eigenvalue weighted by Crippen LogP contribution is 2.29. The summed E-state index contributed by atoms with van der Waals surface area (Å²) in [5, 5.41) is 3.61. The van der Waals surface area contributed by atoms with Gasteiger partial charge in [-0.2, -0.15) is 0 Å². The summed E-state index contributed by atoms with van der Waals surface area (Å²) in [6, 6.07) is 8.49. The molecule has 0 aliphatic carbocycles. The predicted molar refractivity (Wildman–Crippen MR) is 94.1 cm³/mol. The SMILES string of the molecule is CCN(C)C(=O)c1cccc(C(=O)N(C)C2CC3CCC(C2)N3)c1. The Bertz CT molecular complexity index is 619. The van der Waals surface area contributed by atoms with Gasteiger partial charge in [-0.15, -0.1) is 0 Å². The molecular formula is C19H27N3O2. The molecule has 130 valence electrons. The number of amides is 2. The van der Waals surface area contributed by atoms with Gasteiger partial charge in [0, 0.05) is 49.9 Å². The van der Waals surface area contributed by atoms with Gasteiger partial charge in [0.25, 0.3) is 11.8 Å². The Hall–Kier alpha value is -1.88. The molecular weight excluding hydrogens is 302 g/mol. The molecule has 24 heavy (non-hydrogen) atoms. The minimum absolute atomic E-state index is 0.00935. The third-order valence-electron chi connectivity index (χ3n) is 5.49. The molecule has 2 aliphatic rings. The second-order valence-corrected chi connectivity index (χ2v) is 7.08. The molecule has 2 atom stereocenters. The van der Waals surface area contributed by atoms with Gasteiger partial charge in [-0.1, -0.05) is 6.07 Å². The van der Waals surface area contributed by atoms with E-state index in [1.807, 2.05) is 18.9 Å². The van der Waals surface area contributed by atoms with Crippen molar-refractivity contribution >= 4 is 11.8 Å². The summed E-state index contributed by atoms with van der Waals surface area (Å²) >= 11 is 0. The van der Waals surface area contributed by atoms with Crippen molar-refractivity contribution in [2.75, 3.05) is 20.6 Å². The summed E-state index contributed by atoms with van der Waals surface area (Å²) in [7, 11) is 3.66. The van der Waals surface area contributed by atoms with E-state index in [2.05, 4.69) is 5.32 Å². The minimum atomic E-state index is -0.0466. The maximum Gasteiger partial charge on any atom is 0.253 e. The number of hydrogen-bond donors (Lipinski definition) is 1. The van der Waals surface area contributed by atoms with E-state index >= 15 is 0 Å². The lowest BCUT2D eigenvalue weighted by Gasteiger charge is -2.35. The van der Waals surface area contributed by atoms with Crippen LogP contribution in [0.25, 0.3) is 0 Å². The normalized spacial score (nSPS) is 25.4. The molecule has 2 saturated heterocycles. The van der Waals surface area contributed by atoms with Crippen LogP contribution in [-0.4, -0.2) is 60.4 Å². The second kappa shape index (κ2) is 6.93. The van der Waals surface area contributed by atoms with Crippen molar-refractivity contribution in [3.05, 3.63) is 35.4 Å². The maximum absolute atomic E-state index is 12.9. The van der Waals surface area contributed by atoms with Crippen LogP contribution in [0.15, 0.2) is 24.3 Å². The highest BCUT2D eigenvalue weighted by molar-refractivity contribution is 5.99. The Morgan fingerprint density at radius 1 is 1.08 bits per heavy atom. The summed E-state index contributed by atoms with van der Waals surface area (Å²) in [6.07, 6.45) is 4.49. The third-order valence-corrected chi connectivity index (χ3v) is 5.49. The van der Waals surface area contributed by atoms with Crippen molar-refractivity contribution in [3.8, 4) is 0 Å². The fourth-order valence-corrected chi connectivity index (χ4v) is 3.86. The molecule has 5 nitrogen and oxygen atoms in total. The topological polar surface area (TPSA) is 52.7 Å². The zero-order valence-corrected chi connectivity index (χ0v) is 14.8. The van der Waals surface area contributed by atoms with Crippen LogP contribution in [0.4, 0.5) is 0 Å². The number of carbonyl (C=O) groups excluding carboxylic acids is 2. The molecule has 5 heteroatoms. The quantitative estimate of drug-likeness (QED) is 0.921. The van der Waals surface area contributed by atoms with Crippen LogP contribution in [0.2, 0.25) is 0 Å². The monoisotopic (exact) mass is 329 g/mol. The molecule has 0 saturated carbocycles. The molecule has 1 aromatic rings. The molecule has 0 radical (unpaired) electrons. The van der Waals surface area contributed by atoms with E-state index in [4.69, 9.17) is 0 Å². The highest BCUT2D eigenvalue weighted by Gasteiger charge is 2.36.